The summed E-state index contributed by atoms with van der Waals surface area (Å²) in [6, 6.07) is 9.16. The summed E-state index contributed by atoms with van der Waals surface area (Å²) >= 11 is 1.70. The maximum Gasteiger partial charge on any atom is 0.262 e. The second-order valence-electron chi connectivity index (χ2n) is 8.79. The summed E-state index contributed by atoms with van der Waals surface area (Å²) in [5.74, 6) is 0. The molecule has 1 aromatic carbocycles. The molecule has 1 N–H and O–H groups in total. The van der Waals surface area contributed by atoms with E-state index in [1.807, 2.05) is 4.57 Å². The molecule has 2 aromatic heterocycles. The lowest BCUT2D eigenvalue weighted by Crippen LogP contribution is -2.36. The molecule has 0 saturated carbocycles. The number of hydrogen-bond donors (Lipinski definition) is 1. The number of thiophene rings is 1. The van der Waals surface area contributed by atoms with Gasteiger partial charge in [-0.05, 0) is 62.6 Å². The fourth-order valence-electron chi connectivity index (χ4n) is 4.90. The van der Waals surface area contributed by atoms with E-state index in [1.54, 1.807) is 17.7 Å². The molecule has 5 nitrogen and oxygen atoms in total. The second kappa shape index (κ2) is 8.25. The van der Waals surface area contributed by atoms with Crippen LogP contribution in [0.5, 0.6) is 0 Å². The summed E-state index contributed by atoms with van der Waals surface area (Å²) in [6.45, 7) is 5.74. The summed E-state index contributed by atoms with van der Waals surface area (Å²) < 4.78 is 7.53. The molecule has 30 heavy (non-hydrogen) atoms. The number of nitrogens with zero attached hydrogens (tertiary/aromatic N) is 2. The van der Waals surface area contributed by atoms with Crippen LogP contribution in [0, 0.1) is 0 Å². The number of fused-ring (bicyclic) bond motifs is 4. The number of rotatable bonds is 6. The van der Waals surface area contributed by atoms with Crippen molar-refractivity contribution in [3.05, 3.63) is 62.5 Å². The third-order valence-electron chi connectivity index (χ3n) is 6.40. The molecule has 2 aliphatic rings. The number of ether oxygens (including phenoxy) is 1. The lowest BCUT2D eigenvalue weighted by atomic mass is 9.93. The topological polar surface area (TPSA) is 56.1 Å². The van der Waals surface area contributed by atoms with Gasteiger partial charge in [0.2, 0.25) is 0 Å². The monoisotopic (exact) mass is 423 g/mol. The Morgan fingerprint density at radius 1 is 1.23 bits per heavy atom. The van der Waals surface area contributed by atoms with Crippen LogP contribution in [0.4, 0.5) is 0 Å². The van der Waals surface area contributed by atoms with Gasteiger partial charge in [0.1, 0.15) is 4.83 Å². The van der Waals surface area contributed by atoms with Gasteiger partial charge in [-0.3, -0.25) is 9.36 Å². The molecule has 6 heteroatoms. The molecule has 0 saturated heterocycles. The average molecular weight is 424 g/mol. The van der Waals surface area contributed by atoms with Gasteiger partial charge in [-0.25, -0.2) is 4.98 Å². The van der Waals surface area contributed by atoms with Crippen LogP contribution in [0.3, 0.4) is 0 Å². The third-order valence-corrected chi connectivity index (χ3v) is 7.57. The first-order valence-corrected chi connectivity index (χ1v) is 11.8. The molecule has 2 heterocycles. The Kier molecular flexibility index (Phi) is 5.48. The largest absolute Gasteiger partial charge is 0.377 e. The molecule has 1 unspecified atom stereocenters. The minimum absolute atomic E-state index is 0.145. The Labute approximate surface area is 181 Å². The SMILES string of the molecule is CC(C)OCCNC1CCc2c(sc3ncn(C4Cc5ccccc5C4)c(=O)c23)C1. The summed E-state index contributed by atoms with van der Waals surface area (Å²) in [7, 11) is 0. The Morgan fingerprint density at radius 2 is 2.00 bits per heavy atom. The number of hydrogen-bond acceptors (Lipinski definition) is 5. The fraction of sp³-hybridized carbons (Fsp3) is 0.500. The van der Waals surface area contributed by atoms with Gasteiger partial charge in [0.25, 0.3) is 5.56 Å². The van der Waals surface area contributed by atoms with Crippen LogP contribution in [0.25, 0.3) is 10.2 Å². The molecule has 1 atom stereocenters. The summed E-state index contributed by atoms with van der Waals surface area (Å²) in [4.78, 5) is 20.4. The number of aromatic nitrogens is 2. The first kappa shape index (κ1) is 19.9. The quantitative estimate of drug-likeness (QED) is 0.615. The van der Waals surface area contributed by atoms with Crippen molar-refractivity contribution >= 4 is 21.6 Å². The highest BCUT2D eigenvalue weighted by molar-refractivity contribution is 7.18. The van der Waals surface area contributed by atoms with Gasteiger partial charge in [0.15, 0.2) is 0 Å². The van der Waals surface area contributed by atoms with E-state index in [-0.39, 0.29) is 17.7 Å². The number of benzene rings is 1. The average Bonchev–Trinajstić information content (AvgIpc) is 3.32. The van der Waals surface area contributed by atoms with E-state index < -0.39 is 0 Å². The first-order chi connectivity index (χ1) is 14.6. The van der Waals surface area contributed by atoms with Crippen LogP contribution in [-0.2, 0) is 30.4 Å². The van der Waals surface area contributed by atoms with Crippen molar-refractivity contribution in [2.45, 2.75) is 64.1 Å². The van der Waals surface area contributed by atoms with Crippen molar-refractivity contribution in [3.8, 4) is 0 Å². The number of aryl methyl sites for hydroxylation is 1. The minimum Gasteiger partial charge on any atom is -0.377 e. The van der Waals surface area contributed by atoms with Crippen molar-refractivity contribution in [2.24, 2.45) is 0 Å². The normalized spacial score (nSPS) is 18.8. The summed E-state index contributed by atoms with van der Waals surface area (Å²) in [5.41, 5.74) is 4.11. The van der Waals surface area contributed by atoms with Crippen LogP contribution >= 0.6 is 11.3 Å². The van der Waals surface area contributed by atoms with Crippen LogP contribution in [0.2, 0.25) is 0 Å². The fourth-order valence-corrected chi connectivity index (χ4v) is 6.16. The predicted molar refractivity (Wildman–Crippen MR) is 122 cm³/mol. The molecule has 3 aromatic rings. The second-order valence-corrected chi connectivity index (χ2v) is 9.87. The van der Waals surface area contributed by atoms with Gasteiger partial charge in [-0.1, -0.05) is 24.3 Å². The van der Waals surface area contributed by atoms with Crippen LogP contribution in [0.15, 0.2) is 35.4 Å². The molecule has 158 valence electrons. The molecule has 0 spiro atoms. The van der Waals surface area contributed by atoms with E-state index in [0.717, 1.165) is 55.5 Å². The highest BCUT2D eigenvalue weighted by Crippen LogP contribution is 2.35. The molecule has 0 amide bonds. The maximum absolute atomic E-state index is 13.5. The number of nitrogens with one attached hydrogen (secondary N) is 1. The van der Waals surface area contributed by atoms with Crippen molar-refractivity contribution < 1.29 is 4.74 Å². The van der Waals surface area contributed by atoms with Gasteiger partial charge in [0.05, 0.1) is 24.4 Å². The van der Waals surface area contributed by atoms with Crippen LogP contribution in [0.1, 0.15) is 47.9 Å². The Morgan fingerprint density at radius 3 is 2.73 bits per heavy atom. The third kappa shape index (κ3) is 3.72. The Balaban J connectivity index is 1.36. The first-order valence-electron chi connectivity index (χ1n) is 11.0. The van der Waals surface area contributed by atoms with Gasteiger partial charge in [-0.15, -0.1) is 11.3 Å². The van der Waals surface area contributed by atoms with Crippen molar-refractivity contribution in [2.75, 3.05) is 13.2 Å². The molecule has 0 aliphatic heterocycles. The van der Waals surface area contributed by atoms with Crippen molar-refractivity contribution in [1.82, 2.24) is 14.9 Å². The molecule has 0 radical (unpaired) electrons. The highest BCUT2D eigenvalue weighted by atomic mass is 32.1. The molecule has 5 rings (SSSR count). The minimum atomic E-state index is 0.145. The predicted octanol–water partition coefficient (Wildman–Crippen LogP) is 3.67. The van der Waals surface area contributed by atoms with E-state index in [1.165, 1.54) is 21.6 Å². The Bertz CT molecular complexity index is 1090. The molecule has 0 bridgehead atoms. The standard InChI is InChI=1S/C24H29N3O2S/c1-15(2)29-10-9-25-18-7-8-20-21(13-18)30-23-22(20)24(28)27(14-26-23)19-11-16-5-3-4-6-17(16)12-19/h3-6,14-15,18-19,25H,7-13H2,1-2H3. The lowest BCUT2D eigenvalue weighted by molar-refractivity contribution is 0.0791. The van der Waals surface area contributed by atoms with Crippen molar-refractivity contribution in [1.29, 1.82) is 0 Å². The van der Waals surface area contributed by atoms with E-state index in [9.17, 15) is 4.79 Å². The lowest BCUT2D eigenvalue weighted by Gasteiger charge is -2.23. The smallest absolute Gasteiger partial charge is 0.262 e. The van der Waals surface area contributed by atoms with Gasteiger partial charge >= 0.3 is 0 Å². The van der Waals surface area contributed by atoms with Crippen LogP contribution < -0.4 is 10.9 Å². The van der Waals surface area contributed by atoms with E-state index >= 15 is 0 Å². The molecule has 2 aliphatic carbocycles. The molecular weight excluding hydrogens is 394 g/mol. The molecule has 0 fully saturated rings. The summed E-state index contributed by atoms with van der Waals surface area (Å²) in [5, 5.41) is 4.49. The zero-order chi connectivity index (χ0) is 20.7. The van der Waals surface area contributed by atoms with Crippen molar-refractivity contribution in [3.63, 3.8) is 0 Å². The summed E-state index contributed by atoms with van der Waals surface area (Å²) in [6.07, 6.45) is 6.87. The van der Waals surface area contributed by atoms with Gasteiger partial charge in [-0.2, -0.15) is 0 Å². The van der Waals surface area contributed by atoms with E-state index in [2.05, 4.69) is 43.4 Å². The van der Waals surface area contributed by atoms with Gasteiger partial charge < -0.3 is 10.1 Å². The zero-order valence-corrected chi connectivity index (χ0v) is 18.5. The van der Waals surface area contributed by atoms with Crippen LogP contribution in [-0.4, -0.2) is 34.8 Å². The van der Waals surface area contributed by atoms with E-state index in [0.29, 0.717) is 6.04 Å². The molecular formula is C24H29N3O2S. The zero-order valence-electron chi connectivity index (χ0n) is 17.7. The van der Waals surface area contributed by atoms with E-state index in [4.69, 9.17) is 9.72 Å². The highest BCUT2D eigenvalue weighted by Gasteiger charge is 2.28. The Hall–Kier alpha value is -2.02. The maximum atomic E-state index is 13.5. The van der Waals surface area contributed by atoms with Gasteiger partial charge in [0, 0.05) is 23.5 Å².